The molecule has 1 aliphatic heterocycles. The van der Waals surface area contributed by atoms with Crippen LogP contribution in [0, 0.1) is 0 Å². The standard InChI is InChI=1S/C4H4BrN3O/c5-2-3(6)7-1-8-4(2)9/h1-2H,(H2,6,7,8,9). The van der Waals surface area contributed by atoms with E-state index in [0.29, 0.717) is 0 Å². The molecule has 0 aromatic rings. The van der Waals surface area contributed by atoms with Crippen molar-refractivity contribution in [3.63, 3.8) is 0 Å². The van der Waals surface area contributed by atoms with Crippen molar-refractivity contribution < 1.29 is 4.79 Å². The van der Waals surface area contributed by atoms with Crippen molar-refractivity contribution in [3.8, 4) is 0 Å². The van der Waals surface area contributed by atoms with Gasteiger partial charge in [-0.2, -0.15) is 0 Å². The number of alkyl halides is 1. The van der Waals surface area contributed by atoms with E-state index in [1.54, 1.807) is 0 Å². The fourth-order valence-electron chi connectivity index (χ4n) is 0.410. The van der Waals surface area contributed by atoms with Crippen molar-refractivity contribution in [2.45, 2.75) is 4.83 Å². The quantitative estimate of drug-likeness (QED) is 0.531. The summed E-state index contributed by atoms with van der Waals surface area (Å²) < 4.78 is 0. The highest BCUT2D eigenvalue weighted by Gasteiger charge is 2.19. The maximum atomic E-state index is 10.6. The average Bonchev–Trinajstić information content (AvgIpc) is 1.83. The lowest BCUT2D eigenvalue weighted by Crippen LogP contribution is -2.32. The Bertz CT molecular complexity index is 198. The van der Waals surface area contributed by atoms with E-state index >= 15 is 0 Å². The van der Waals surface area contributed by atoms with Crippen molar-refractivity contribution in [1.29, 1.82) is 0 Å². The number of carbonyl (C=O) groups excluding carboxylic acids is 1. The maximum absolute atomic E-state index is 10.6. The highest BCUT2D eigenvalue weighted by molar-refractivity contribution is 9.10. The summed E-state index contributed by atoms with van der Waals surface area (Å²) in [6, 6.07) is 0. The van der Waals surface area contributed by atoms with Crippen LogP contribution in [0.4, 0.5) is 0 Å². The summed E-state index contributed by atoms with van der Waals surface area (Å²) in [6.45, 7) is 0. The first-order valence-corrected chi connectivity index (χ1v) is 3.17. The van der Waals surface area contributed by atoms with Gasteiger partial charge in [-0.1, -0.05) is 15.9 Å². The van der Waals surface area contributed by atoms with Gasteiger partial charge >= 0.3 is 0 Å². The second-order valence-electron chi connectivity index (χ2n) is 1.50. The normalized spacial score (nSPS) is 26.1. The number of hydrogen-bond acceptors (Lipinski definition) is 3. The maximum Gasteiger partial charge on any atom is 0.268 e. The molecular formula is C4H4BrN3O. The summed E-state index contributed by atoms with van der Waals surface area (Å²) in [5.41, 5.74) is 5.26. The van der Waals surface area contributed by atoms with Crippen LogP contribution in [-0.4, -0.2) is 22.9 Å². The summed E-state index contributed by atoms with van der Waals surface area (Å²) in [5.74, 6) is -0.0440. The molecule has 0 bridgehead atoms. The van der Waals surface area contributed by atoms with Gasteiger partial charge in [-0.3, -0.25) is 4.79 Å². The zero-order valence-corrected chi connectivity index (χ0v) is 6.00. The Morgan fingerprint density at radius 1 is 1.78 bits per heavy atom. The van der Waals surface area contributed by atoms with Gasteiger partial charge in [0.1, 0.15) is 12.2 Å². The first kappa shape index (κ1) is 6.41. The van der Waals surface area contributed by atoms with Gasteiger partial charge in [0.05, 0.1) is 0 Å². The lowest BCUT2D eigenvalue weighted by atomic mass is 10.4. The number of amides is 1. The number of hydrogen-bond donors (Lipinski definition) is 1. The molecule has 1 aliphatic rings. The SMILES string of the molecule is NC1=NC=NC(=O)C1Br. The molecule has 0 aromatic heterocycles. The Kier molecular flexibility index (Phi) is 1.61. The molecule has 5 heteroatoms. The van der Waals surface area contributed by atoms with Crippen LogP contribution in [-0.2, 0) is 4.79 Å². The molecular weight excluding hydrogens is 186 g/mol. The Labute approximate surface area is 60.0 Å². The smallest absolute Gasteiger partial charge is 0.268 e. The Hall–Kier alpha value is -0.710. The first-order valence-electron chi connectivity index (χ1n) is 2.25. The summed E-state index contributed by atoms with van der Waals surface area (Å²) in [7, 11) is 0. The molecule has 1 amide bonds. The van der Waals surface area contributed by atoms with E-state index in [1.807, 2.05) is 0 Å². The molecule has 0 aromatic carbocycles. The molecule has 0 fully saturated rings. The third-order valence-electron chi connectivity index (χ3n) is 0.868. The average molecular weight is 190 g/mol. The van der Waals surface area contributed by atoms with Gasteiger partial charge < -0.3 is 5.73 Å². The molecule has 48 valence electrons. The van der Waals surface area contributed by atoms with Crippen molar-refractivity contribution in [2.75, 3.05) is 0 Å². The molecule has 4 nitrogen and oxygen atoms in total. The summed E-state index contributed by atoms with van der Waals surface area (Å²) in [5, 5.41) is 0. The zero-order valence-electron chi connectivity index (χ0n) is 4.41. The fraction of sp³-hybridized carbons (Fsp3) is 0.250. The number of amidine groups is 1. The lowest BCUT2D eigenvalue weighted by molar-refractivity contribution is -0.116. The minimum atomic E-state index is -0.525. The molecule has 1 atom stereocenters. The highest BCUT2D eigenvalue weighted by Crippen LogP contribution is 2.04. The van der Waals surface area contributed by atoms with Crippen LogP contribution < -0.4 is 5.73 Å². The van der Waals surface area contributed by atoms with E-state index < -0.39 is 4.83 Å². The molecule has 0 saturated carbocycles. The molecule has 9 heavy (non-hydrogen) atoms. The van der Waals surface area contributed by atoms with Crippen molar-refractivity contribution >= 4 is 34.0 Å². The molecule has 2 N–H and O–H groups in total. The largest absolute Gasteiger partial charge is 0.386 e. The molecule has 0 saturated heterocycles. The molecule has 0 aliphatic carbocycles. The van der Waals surface area contributed by atoms with Gasteiger partial charge in [-0.15, -0.1) is 0 Å². The van der Waals surface area contributed by atoms with Crippen LogP contribution in [0.2, 0.25) is 0 Å². The Balaban J connectivity index is 2.86. The van der Waals surface area contributed by atoms with E-state index in [2.05, 4.69) is 25.9 Å². The number of aliphatic imine (C=N–C) groups is 2. The predicted octanol–water partition coefficient (Wildman–Crippen LogP) is -0.324. The predicted molar refractivity (Wildman–Crippen MR) is 37.8 cm³/mol. The topological polar surface area (TPSA) is 67.8 Å². The second kappa shape index (κ2) is 2.26. The highest BCUT2D eigenvalue weighted by atomic mass is 79.9. The van der Waals surface area contributed by atoms with Crippen LogP contribution in [0.25, 0.3) is 0 Å². The lowest BCUT2D eigenvalue weighted by Gasteiger charge is -2.05. The Morgan fingerprint density at radius 2 is 2.44 bits per heavy atom. The Morgan fingerprint density at radius 3 is 2.89 bits per heavy atom. The van der Waals surface area contributed by atoms with E-state index in [-0.39, 0.29) is 11.7 Å². The molecule has 1 heterocycles. The fourth-order valence-corrected chi connectivity index (χ4v) is 0.646. The van der Waals surface area contributed by atoms with Crippen molar-refractivity contribution in [2.24, 2.45) is 15.7 Å². The van der Waals surface area contributed by atoms with Gasteiger partial charge in [0, 0.05) is 0 Å². The van der Waals surface area contributed by atoms with Crippen molar-refractivity contribution in [3.05, 3.63) is 0 Å². The molecule has 0 spiro atoms. The summed E-state index contributed by atoms with van der Waals surface area (Å²) in [4.78, 5) is 17.1. The number of nitrogens with zero attached hydrogens (tertiary/aromatic N) is 2. The number of halogens is 1. The zero-order chi connectivity index (χ0) is 6.85. The summed E-state index contributed by atoms with van der Waals surface area (Å²) >= 11 is 3.00. The number of carbonyl (C=O) groups is 1. The molecule has 1 unspecified atom stereocenters. The van der Waals surface area contributed by atoms with E-state index in [0.717, 1.165) is 6.34 Å². The van der Waals surface area contributed by atoms with Crippen LogP contribution >= 0.6 is 15.9 Å². The van der Waals surface area contributed by atoms with Gasteiger partial charge in [-0.05, 0) is 0 Å². The first-order chi connectivity index (χ1) is 4.22. The van der Waals surface area contributed by atoms with Gasteiger partial charge in [0.2, 0.25) is 0 Å². The third-order valence-corrected chi connectivity index (χ3v) is 1.73. The second-order valence-corrected chi connectivity index (χ2v) is 2.42. The molecule has 0 radical (unpaired) electrons. The minimum Gasteiger partial charge on any atom is -0.386 e. The monoisotopic (exact) mass is 189 g/mol. The van der Waals surface area contributed by atoms with Crippen molar-refractivity contribution in [1.82, 2.24) is 0 Å². The van der Waals surface area contributed by atoms with Crippen LogP contribution in [0.15, 0.2) is 9.98 Å². The van der Waals surface area contributed by atoms with Gasteiger partial charge in [0.25, 0.3) is 5.91 Å². The van der Waals surface area contributed by atoms with Crippen LogP contribution in [0.5, 0.6) is 0 Å². The van der Waals surface area contributed by atoms with Gasteiger partial charge in [-0.25, -0.2) is 9.98 Å². The van der Waals surface area contributed by atoms with E-state index in [1.165, 1.54) is 0 Å². The molecule has 1 rings (SSSR count). The van der Waals surface area contributed by atoms with Crippen LogP contribution in [0.1, 0.15) is 0 Å². The minimum absolute atomic E-state index is 0.259. The van der Waals surface area contributed by atoms with E-state index in [9.17, 15) is 4.79 Å². The van der Waals surface area contributed by atoms with Gasteiger partial charge in [0.15, 0.2) is 4.83 Å². The van der Waals surface area contributed by atoms with E-state index in [4.69, 9.17) is 5.73 Å². The summed E-state index contributed by atoms with van der Waals surface area (Å²) in [6.07, 6.45) is 1.15. The van der Waals surface area contributed by atoms with Crippen LogP contribution in [0.3, 0.4) is 0 Å². The number of rotatable bonds is 0. The number of nitrogens with two attached hydrogens (primary N) is 1. The third kappa shape index (κ3) is 1.16.